The van der Waals surface area contributed by atoms with Gasteiger partial charge in [-0.1, -0.05) is 34.1 Å². The first-order valence-electron chi connectivity index (χ1n) is 7.04. The Balaban J connectivity index is 1.92. The van der Waals surface area contributed by atoms with Gasteiger partial charge in [-0.25, -0.2) is 0 Å². The van der Waals surface area contributed by atoms with Crippen molar-refractivity contribution in [3.05, 3.63) is 58.1 Å². The molecule has 0 aliphatic carbocycles. The van der Waals surface area contributed by atoms with E-state index in [0.29, 0.717) is 5.75 Å². The predicted molar refractivity (Wildman–Crippen MR) is 86.2 cm³/mol. The number of aryl methyl sites for hydroxylation is 1. The van der Waals surface area contributed by atoms with Gasteiger partial charge in [0.2, 0.25) is 0 Å². The molecule has 2 aromatic rings. The van der Waals surface area contributed by atoms with Gasteiger partial charge in [0.15, 0.2) is 0 Å². The van der Waals surface area contributed by atoms with Crippen molar-refractivity contribution in [3.63, 3.8) is 0 Å². The van der Waals surface area contributed by atoms with Gasteiger partial charge < -0.3 is 10.0 Å². The van der Waals surface area contributed by atoms with Crippen LogP contribution in [0.25, 0.3) is 0 Å². The highest BCUT2D eigenvalue weighted by molar-refractivity contribution is 9.10. The van der Waals surface area contributed by atoms with Crippen LogP contribution in [0.5, 0.6) is 5.75 Å². The number of halogens is 1. The number of phenolic OH excluding ortho intramolecular Hbond substituents is 1. The van der Waals surface area contributed by atoms with Gasteiger partial charge in [-0.3, -0.25) is 0 Å². The maximum atomic E-state index is 10.0. The number of hydrogen-bond donors (Lipinski definition) is 1. The van der Waals surface area contributed by atoms with Crippen LogP contribution < -0.4 is 4.90 Å². The number of para-hydroxylation sites is 1. The van der Waals surface area contributed by atoms with Gasteiger partial charge in [-0.2, -0.15) is 0 Å². The smallest absolute Gasteiger partial charge is 0.120 e. The standard InChI is InChI=1S/C17H18BrNO/c18-15-8-9-17(20)14(11-15)12-19-10-4-3-6-13-5-1-2-7-16(13)19/h1-2,5,7-9,11,20H,3-4,6,10,12H2. The van der Waals surface area contributed by atoms with E-state index in [1.165, 1.54) is 24.1 Å². The SMILES string of the molecule is Oc1ccc(Br)cc1CN1CCCCc2ccccc21. The highest BCUT2D eigenvalue weighted by Crippen LogP contribution is 2.30. The number of phenols is 1. The summed E-state index contributed by atoms with van der Waals surface area (Å²) in [7, 11) is 0. The summed E-state index contributed by atoms with van der Waals surface area (Å²) in [5, 5.41) is 10.0. The van der Waals surface area contributed by atoms with E-state index in [1.54, 1.807) is 6.07 Å². The van der Waals surface area contributed by atoms with Gasteiger partial charge in [-0.05, 0) is 49.1 Å². The molecule has 1 heterocycles. The topological polar surface area (TPSA) is 23.5 Å². The lowest BCUT2D eigenvalue weighted by Gasteiger charge is -2.25. The second-order valence-corrected chi connectivity index (χ2v) is 6.20. The second-order valence-electron chi connectivity index (χ2n) is 5.28. The molecule has 0 amide bonds. The molecule has 3 rings (SSSR count). The van der Waals surface area contributed by atoms with Crippen LogP contribution in [-0.2, 0) is 13.0 Å². The van der Waals surface area contributed by atoms with Crippen LogP contribution in [-0.4, -0.2) is 11.7 Å². The van der Waals surface area contributed by atoms with Crippen molar-refractivity contribution < 1.29 is 5.11 Å². The molecule has 2 nitrogen and oxygen atoms in total. The molecule has 1 aliphatic rings. The number of hydrogen-bond acceptors (Lipinski definition) is 2. The minimum Gasteiger partial charge on any atom is -0.508 e. The average Bonchev–Trinajstić information content (AvgIpc) is 2.66. The van der Waals surface area contributed by atoms with E-state index in [4.69, 9.17) is 0 Å². The normalized spacial score (nSPS) is 14.8. The van der Waals surface area contributed by atoms with Gasteiger partial charge in [0.1, 0.15) is 5.75 Å². The largest absolute Gasteiger partial charge is 0.508 e. The predicted octanol–water partition coefficient (Wildman–Crippen LogP) is 4.50. The minimum atomic E-state index is 0.370. The maximum Gasteiger partial charge on any atom is 0.120 e. The van der Waals surface area contributed by atoms with Crippen molar-refractivity contribution in [2.75, 3.05) is 11.4 Å². The van der Waals surface area contributed by atoms with Crippen molar-refractivity contribution >= 4 is 21.6 Å². The van der Waals surface area contributed by atoms with E-state index in [2.05, 4.69) is 45.1 Å². The first-order chi connectivity index (χ1) is 9.74. The van der Waals surface area contributed by atoms with Crippen LogP contribution in [0, 0.1) is 0 Å². The Hall–Kier alpha value is -1.48. The molecule has 0 atom stereocenters. The van der Waals surface area contributed by atoms with E-state index in [-0.39, 0.29) is 0 Å². The van der Waals surface area contributed by atoms with Crippen molar-refractivity contribution in [1.82, 2.24) is 0 Å². The van der Waals surface area contributed by atoms with E-state index < -0.39 is 0 Å². The molecule has 2 aromatic carbocycles. The lowest BCUT2D eigenvalue weighted by atomic mass is 10.1. The molecule has 0 radical (unpaired) electrons. The molecule has 0 saturated heterocycles. The van der Waals surface area contributed by atoms with E-state index in [0.717, 1.165) is 29.5 Å². The summed E-state index contributed by atoms with van der Waals surface area (Å²) in [6.07, 6.45) is 3.58. The summed E-state index contributed by atoms with van der Waals surface area (Å²) in [6.45, 7) is 1.80. The molecule has 3 heteroatoms. The monoisotopic (exact) mass is 331 g/mol. The molecule has 0 fully saturated rings. The maximum absolute atomic E-state index is 10.0. The van der Waals surface area contributed by atoms with Crippen molar-refractivity contribution in [3.8, 4) is 5.75 Å². The Bertz CT molecular complexity index is 612. The van der Waals surface area contributed by atoms with E-state index in [1.807, 2.05) is 12.1 Å². The molecule has 1 N–H and O–H groups in total. The van der Waals surface area contributed by atoms with Crippen molar-refractivity contribution in [2.24, 2.45) is 0 Å². The Morgan fingerprint density at radius 2 is 1.95 bits per heavy atom. The number of rotatable bonds is 2. The van der Waals surface area contributed by atoms with Gasteiger partial charge in [0.25, 0.3) is 0 Å². The van der Waals surface area contributed by atoms with E-state index >= 15 is 0 Å². The fourth-order valence-corrected chi connectivity index (χ4v) is 3.23. The molecule has 0 aromatic heterocycles. The van der Waals surface area contributed by atoms with Crippen LogP contribution in [0.4, 0.5) is 5.69 Å². The third kappa shape index (κ3) is 2.83. The first-order valence-corrected chi connectivity index (χ1v) is 7.83. The van der Waals surface area contributed by atoms with Gasteiger partial charge >= 0.3 is 0 Å². The molecule has 0 bridgehead atoms. The zero-order valence-electron chi connectivity index (χ0n) is 11.3. The van der Waals surface area contributed by atoms with E-state index in [9.17, 15) is 5.11 Å². The molecule has 0 spiro atoms. The third-order valence-corrected chi connectivity index (χ3v) is 4.35. The molecule has 0 saturated carbocycles. The third-order valence-electron chi connectivity index (χ3n) is 3.86. The average molecular weight is 332 g/mol. The number of anilines is 1. The summed E-state index contributed by atoms with van der Waals surface area (Å²) in [6, 6.07) is 14.2. The summed E-state index contributed by atoms with van der Waals surface area (Å²) in [5.41, 5.74) is 3.69. The van der Waals surface area contributed by atoms with Crippen molar-refractivity contribution in [2.45, 2.75) is 25.8 Å². The highest BCUT2D eigenvalue weighted by atomic mass is 79.9. The number of benzene rings is 2. The minimum absolute atomic E-state index is 0.370. The fourth-order valence-electron chi connectivity index (χ4n) is 2.82. The van der Waals surface area contributed by atoms with Crippen molar-refractivity contribution in [1.29, 1.82) is 0 Å². The Kier molecular flexibility index (Phi) is 3.97. The summed E-state index contributed by atoms with van der Waals surface area (Å²) in [5.74, 6) is 0.370. The van der Waals surface area contributed by atoms with Crippen LogP contribution >= 0.6 is 15.9 Å². The molecule has 1 aliphatic heterocycles. The first kappa shape index (κ1) is 13.5. The summed E-state index contributed by atoms with van der Waals surface area (Å²) in [4.78, 5) is 2.38. The summed E-state index contributed by atoms with van der Waals surface area (Å²) >= 11 is 3.48. The highest BCUT2D eigenvalue weighted by Gasteiger charge is 2.16. The summed E-state index contributed by atoms with van der Waals surface area (Å²) < 4.78 is 1.01. The van der Waals surface area contributed by atoms with Crippen LogP contribution in [0.15, 0.2) is 46.9 Å². The van der Waals surface area contributed by atoms with Gasteiger partial charge in [0.05, 0.1) is 0 Å². The molecular formula is C17H18BrNO. The number of nitrogens with zero attached hydrogens (tertiary/aromatic N) is 1. The zero-order chi connectivity index (χ0) is 13.9. The van der Waals surface area contributed by atoms with Gasteiger partial charge in [-0.15, -0.1) is 0 Å². The second kappa shape index (κ2) is 5.88. The quantitative estimate of drug-likeness (QED) is 0.875. The Morgan fingerprint density at radius 3 is 2.85 bits per heavy atom. The molecule has 0 unspecified atom stereocenters. The molecule has 104 valence electrons. The lowest BCUT2D eigenvalue weighted by molar-refractivity contribution is 0.467. The number of fused-ring (bicyclic) bond motifs is 1. The van der Waals surface area contributed by atoms with Gasteiger partial charge in [0, 0.05) is 28.8 Å². The van der Waals surface area contributed by atoms with Crippen LogP contribution in [0.2, 0.25) is 0 Å². The number of aromatic hydroxyl groups is 1. The zero-order valence-corrected chi connectivity index (χ0v) is 12.9. The molecular weight excluding hydrogens is 314 g/mol. The fraction of sp³-hybridized carbons (Fsp3) is 0.294. The Labute approximate surface area is 128 Å². The molecule has 20 heavy (non-hydrogen) atoms. The lowest BCUT2D eigenvalue weighted by Crippen LogP contribution is -2.23. The Morgan fingerprint density at radius 1 is 1.10 bits per heavy atom. The van der Waals surface area contributed by atoms with Crippen LogP contribution in [0.1, 0.15) is 24.0 Å². The van der Waals surface area contributed by atoms with Crippen LogP contribution in [0.3, 0.4) is 0 Å².